The summed E-state index contributed by atoms with van der Waals surface area (Å²) in [6.07, 6.45) is 8.31. The lowest BCUT2D eigenvalue weighted by Crippen LogP contribution is -2.49. The molecular weight excluding hydrogens is 236 g/mol. The van der Waals surface area contributed by atoms with Gasteiger partial charge in [0.2, 0.25) is 0 Å². The Hall–Kier alpha value is -0.120. The SMILES string of the molecule is CC(C)CN(CC1CCCN1)CC1(O)CCCCC1. The Morgan fingerprint density at radius 1 is 1.21 bits per heavy atom. The van der Waals surface area contributed by atoms with E-state index in [1.165, 1.54) is 38.6 Å². The summed E-state index contributed by atoms with van der Waals surface area (Å²) in [5.74, 6) is 0.675. The van der Waals surface area contributed by atoms with E-state index in [0.717, 1.165) is 32.5 Å². The summed E-state index contributed by atoms with van der Waals surface area (Å²) in [6.45, 7) is 8.83. The van der Waals surface area contributed by atoms with Crippen molar-refractivity contribution in [2.24, 2.45) is 5.92 Å². The van der Waals surface area contributed by atoms with Gasteiger partial charge in [-0.2, -0.15) is 0 Å². The first-order valence-corrected chi connectivity index (χ1v) is 8.25. The van der Waals surface area contributed by atoms with Gasteiger partial charge in [-0.15, -0.1) is 0 Å². The van der Waals surface area contributed by atoms with Gasteiger partial charge >= 0.3 is 0 Å². The highest BCUT2D eigenvalue weighted by molar-refractivity contribution is 4.88. The van der Waals surface area contributed by atoms with Crippen molar-refractivity contribution in [3.63, 3.8) is 0 Å². The van der Waals surface area contributed by atoms with Crippen LogP contribution in [0.4, 0.5) is 0 Å². The maximum Gasteiger partial charge on any atom is 0.0774 e. The molecule has 1 saturated heterocycles. The van der Waals surface area contributed by atoms with Crippen LogP contribution in [0, 0.1) is 5.92 Å². The van der Waals surface area contributed by atoms with Crippen LogP contribution < -0.4 is 5.32 Å². The monoisotopic (exact) mass is 268 g/mol. The first kappa shape index (κ1) is 15.3. The fourth-order valence-corrected chi connectivity index (χ4v) is 3.73. The maximum absolute atomic E-state index is 10.8. The molecule has 0 bridgehead atoms. The smallest absolute Gasteiger partial charge is 0.0774 e. The minimum atomic E-state index is -0.411. The lowest BCUT2D eigenvalue weighted by molar-refractivity contribution is -0.0297. The summed E-state index contributed by atoms with van der Waals surface area (Å²) in [7, 11) is 0. The highest BCUT2D eigenvalue weighted by Gasteiger charge is 2.32. The van der Waals surface area contributed by atoms with Crippen molar-refractivity contribution in [2.75, 3.05) is 26.2 Å². The van der Waals surface area contributed by atoms with Crippen LogP contribution in [0.3, 0.4) is 0 Å². The number of hydrogen-bond acceptors (Lipinski definition) is 3. The van der Waals surface area contributed by atoms with Crippen molar-refractivity contribution in [2.45, 2.75) is 70.4 Å². The van der Waals surface area contributed by atoms with Crippen LogP contribution >= 0.6 is 0 Å². The van der Waals surface area contributed by atoms with Crippen LogP contribution in [-0.2, 0) is 0 Å². The Balaban J connectivity index is 1.88. The number of rotatable bonds is 6. The zero-order chi connectivity index (χ0) is 13.7. The first-order valence-electron chi connectivity index (χ1n) is 8.25. The molecule has 1 atom stereocenters. The molecule has 2 aliphatic rings. The van der Waals surface area contributed by atoms with Crippen molar-refractivity contribution in [3.05, 3.63) is 0 Å². The topological polar surface area (TPSA) is 35.5 Å². The Morgan fingerprint density at radius 2 is 1.95 bits per heavy atom. The zero-order valence-electron chi connectivity index (χ0n) is 12.8. The van der Waals surface area contributed by atoms with Crippen LogP contribution in [0.15, 0.2) is 0 Å². The second-order valence-corrected chi connectivity index (χ2v) is 7.17. The molecule has 1 aliphatic heterocycles. The molecule has 0 amide bonds. The predicted octanol–water partition coefficient (Wildman–Crippen LogP) is 2.39. The van der Waals surface area contributed by atoms with Gasteiger partial charge in [0, 0.05) is 25.7 Å². The van der Waals surface area contributed by atoms with E-state index in [9.17, 15) is 5.11 Å². The molecule has 3 nitrogen and oxygen atoms in total. The van der Waals surface area contributed by atoms with Gasteiger partial charge < -0.3 is 10.4 Å². The van der Waals surface area contributed by atoms with Crippen LogP contribution in [-0.4, -0.2) is 47.8 Å². The van der Waals surface area contributed by atoms with Crippen LogP contribution in [0.5, 0.6) is 0 Å². The molecule has 3 heteroatoms. The van der Waals surface area contributed by atoms with Gasteiger partial charge in [0.05, 0.1) is 5.60 Å². The maximum atomic E-state index is 10.8. The van der Waals surface area contributed by atoms with E-state index in [1.54, 1.807) is 0 Å². The van der Waals surface area contributed by atoms with Gasteiger partial charge in [-0.3, -0.25) is 4.90 Å². The van der Waals surface area contributed by atoms with Gasteiger partial charge in [0.1, 0.15) is 0 Å². The number of nitrogens with zero attached hydrogens (tertiary/aromatic N) is 1. The molecule has 2 fully saturated rings. The molecule has 1 saturated carbocycles. The molecule has 2 rings (SSSR count). The lowest BCUT2D eigenvalue weighted by atomic mass is 9.84. The fourth-order valence-electron chi connectivity index (χ4n) is 3.73. The molecule has 0 aromatic heterocycles. The minimum Gasteiger partial charge on any atom is -0.389 e. The quantitative estimate of drug-likeness (QED) is 0.776. The summed E-state index contributed by atoms with van der Waals surface area (Å²) in [6, 6.07) is 0.644. The summed E-state index contributed by atoms with van der Waals surface area (Å²) >= 11 is 0. The molecule has 1 heterocycles. The van der Waals surface area contributed by atoms with Gasteiger partial charge in [-0.05, 0) is 38.1 Å². The fraction of sp³-hybridized carbons (Fsp3) is 1.00. The van der Waals surface area contributed by atoms with Crippen LogP contribution in [0.2, 0.25) is 0 Å². The second kappa shape index (κ2) is 7.05. The Kier molecular flexibility index (Phi) is 5.67. The third-order valence-electron chi connectivity index (χ3n) is 4.57. The van der Waals surface area contributed by atoms with E-state index >= 15 is 0 Å². The number of aliphatic hydroxyl groups is 1. The van der Waals surface area contributed by atoms with Crippen molar-refractivity contribution in [1.82, 2.24) is 10.2 Å². The van der Waals surface area contributed by atoms with Gasteiger partial charge in [-0.1, -0.05) is 33.1 Å². The van der Waals surface area contributed by atoms with Crippen LogP contribution in [0.25, 0.3) is 0 Å². The van der Waals surface area contributed by atoms with Gasteiger partial charge in [0.15, 0.2) is 0 Å². The Bertz CT molecular complexity index is 255. The van der Waals surface area contributed by atoms with Gasteiger partial charge in [0.25, 0.3) is 0 Å². The molecule has 112 valence electrons. The number of hydrogen-bond donors (Lipinski definition) is 2. The normalized spacial score (nSPS) is 27.3. The summed E-state index contributed by atoms with van der Waals surface area (Å²) in [5.41, 5.74) is -0.411. The third-order valence-corrected chi connectivity index (χ3v) is 4.57. The predicted molar refractivity (Wildman–Crippen MR) is 80.3 cm³/mol. The van der Waals surface area contributed by atoms with E-state index in [-0.39, 0.29) is 0 Å². The molecule has 0 spiro atoms. The highest BCUT2D eigenvalue weighted by Crippen LogP contribution is 2.29. The van der Waals surface area contributed by atoms with E-state index in [4.69, 9.17) is 0 Å². The molecule has 19 heavy (non-hydrogen) atoms. The van der Waals surface area contributed by atoms with E-state index in [2.05, 4.69) is 24.1 Å². The Morgan fingerprint density at radius 3 is 2.53 bits per heavy atom. The average Bonchev–Trinajstić information content (AvgIpc) is 2.81. The Labute approximate surface area is 118 Å². The van der Waals surface area contributed by atoms with Crippen LogP contribution in [0.1, 0.15) is 58.8 Å². The second-order valence-electron chi connectivity index (χ2n) is 7.17. The lowest BCUT2D eigenvalue weighted by Gasteiger charge is -2.38. The molecule has 1 aliphatic carbocycles. The summed E-state index contributed by atoms with van der Waals surface area (Å²) in [4.78, 5) is 2.51. The van der Waals surface area contributed by atoms with E-state index < -0.39 is 5.60 Å². The van der Waals surface area contributed by atoms with Crippen molar-refractivity contribution >= 4 is 0 Å². The van der Waals surface area contributed by atoms with Crippen molar-refractivity contribution in [1.29, 1.82) is 0 Å². The zero-order valence-corrected chi connectivity index (χ0v) is 12.8. The van der Waals surface area contributed by atoms with Crippen molar-refractivity contribution < 1.29 is 5.11 Å². The average molecular weight is 268 g/mol. The van der Waals surface area contributed by atoms with Crippen molar-refractivity contribution in [3.8, 4) is 0 Å². The largest absolute Gasteiger partial charge is 0.389 e. The minimum absolute atomic E-state index is 0.411. The molecule has 2 N–H and O–H groups in total. The molecule has 0 aromatic carbocycles. The van der Waals surface area contributed by atoms with E-state index in [0.29, 0.717) is 12.0 Å². The summed E-state index contributed by atoms with van der Waals surface area (Å²) in [5, 5.41) is 14.4. The van der Waals surface area contributed by atoms with Gasteiger partial charge in [-0.25, -0.2) is 0 Å². The van der Waals surface area contributed by atoms with E-state index in [1.807, 2.05) is 0 Å². The highest BCUT2D eigenvalue weighted by atomic mass is 16.3. The first-order chi connectivity index (χ1) is 9.07. The molecule has 0 radical (unpaired) electrons. The third kappa shape index (κ3) is 5.05. The summed E-state index contributed by atoms with van der Waals surface area (Å²) < 4.78 is 0. The molecule has 1 unspecified atom stereocenters. The molecule has 0 aromatic rings. The molecular formula is C16H32N2O. The standard InChI is InChI=1S/C16H32N2O/c1-14(2)11-18(12-15-7-6-10-17-15)13-16(19)8-4-3-5-9-16/h14-15,17,19H,3-13H2,1-2H3. The number of nitrogens with one attached hydrogen (secondary N) is 1.